The lowest BCUT2D eigenvalue weighted by atomic mass is 9.81. The van der Waals surface area contributed by atoms with E-state index in [1.807, 2.05) is 0 Å². The van der Waals surface area contributed by atoms with Gasteiger partial charge in [0.1, 0.15) is 0 Å². The van der Waals surface area contributed by atoms with Gasteiger partial charge in [-0.25, -0.2) is 0 Å². The Balaban J connectivity index is 1.46. The summed E-state index contributed by atoms with van der Waals surface area (Å²) in [6.45, 7) is 7.97. The fourth-order valence-corrected chi connectivity index (χ4v) is 4.87. The van der Waals surface area contributed by atoms with E-state index in [2.05, 4.69) is 62.5 Å². The van der Waals surface area contributed by atoms with Gasteiger partial charge in [-0.1, -0.05) is 51.1 Å². The highest BCUT2D eigenvalue weighted by Crippen LogP contribution is 2.35. The number of hydrogen-bond acceptors (Lipinski definition) is 2. The van der Waals surface area contributed by atoms with Crippen molar-refractivity contribution in [1.29, 1.82) is 0 Å². The predicted octanol–water partition coefficient (Wildman–Crippen LogP) is 5.96. The van der Waals surface area contributed by atoms with E-state index in [9.17, 15) is 5.11 Å². The summed E-state index contributed by atoms with van der Waals surface area (Å²) in [6.07, 6.45) is 5.26. The van der Waals surface area contributed by atoms with Crippen LogP contribution in [0, 0.1) is 5.92 Å². The Morgan fingerprint density at radius 2 is 1.81 bits per heavy atom. The molecule has 2 aromatic carbocycles. The summed E-state index contributed by atoms with van der Waals surface area (Å²) >= 11 is 0. The molecule has 2 aliphatic rings. The van der Waals surface area contributed by atoms with Crippen LogP contribution in [0.2, 0.25) is 0 Å². The number of aliphatic hydroxyl groups excluding tert-OH is 1. The summed E-state index contributed by atoms with van der Waals surface area (Å²) in [7, 11) is 0. The molecule has 3 atom stereocenters. The zero-order valence-corrected chi connectivity index (χ0v) is 17.0. The molecule has 0 radical (unpaired) electrons. The molecule has 0 fully saturated rings. The van der Waals surface area contributed by atoms with Crippen LogP contribution in [0.4, 0.5) is 5.69 Å². The van der Waals surface area contributed by atoms with Crippen LogP contribution < -0.4 is 5.32 Å². The van der Waals surface area contributed by atoms with Gasteiger partial charge >= 0.3 is 0 Å². The lowest BCUT2D eigenvalue weighted by Gasteiger charge is -2.29. The van der Waals surface area contributed by atoms with Gasteiger partial charge in [0, 0.05) is 12.2 Å². The van der Waals surface area contributed by atoms with E-state index in [-0.39, 0.29) is 6.10 Å². The molecule has 2 nitrogen and oxygen atoms in total. The van der Waals surface area contributed by atoms with Crippen LogP contribution in [0.3, 0.4) is 0 Å². The molecule has 2 N–H and O–H groups in total. The van der Waals surface area contributed by atoms with E-state index in [0.29, 0.717) is 17.8 Å². The first kappa shape index (κ1) is 18.6. The first-order chi connectivity index (χ1) is 13.0. The molecule has 27 heavy (non-hydrogen) atoms. The second-order valence-electron chi connectivity index (χ2n) is 9.03. The third kappa shape index (κ3) is 3.91. The SMILES string of the molecule is CC(C)c1ccc2c(c1)CC(CC(C)c1ccc3c(c1)CCCC3O)CN2. The summed E-state index contributed by atoms with van der Waals surface area (Å²) in [6, 6.07) is 13.7. The Morgan fingerprint density at radius 3 is 2.63 bits per heavy atom. The molecule has 0 amide bonds. The van der Waals surface area contributed by atoms with Crippen molar-refractivity contribution in [3.63, 3.8) is 0 Å². The fourth-order valence-electron chi connectivity index (χ4n) is 4.87. The third-order valence-corrected chi connectivity index (χ3v) is 6.59. The minimum atomic E-state index is -0.257. The fraction of sp³-hybridized carbons (Fsp3) is 0.520. The number of anilines is 1. The molecule has 1 aliphatic carbocycles. The summed E-state index contributed by atoms with van der Waals surface area (Å²) in [5.41, 5.74) is 8.21. The molecule has 0 bridgehead atoms. The van der Waals surface area contributed by atoms with Gasteiger partial charge in [0.2, 0.25) is 0 Å². The number of aliphatic hydroxyl groups is 1. The first-order valence-electron chi connectivity index (χ1n) is 10.7. The maximum Gasteiger partial charge on any atom is 0.0792 e. The minimum Gasteiger partial charge on any atom is -0.388 e. The van der Waals surface area contributed by atoms with Crippen molar-refractivity contribution in [3.8, 4) is 0 Å². The number of nitrogens with one attached hydrogen (secondary N) is 1. The van der Waals surface area contributed by atoms with Crippen LogP contribution in [0.1, 0.15) is 85.8 Å². The van der Waals surface area contributed by atoms with Crippen LogP contribution >= 0.6 is 0 Å². The molecule has 3 unspecified atom stereocenters. The lowest BCUT2D eigenvalue weighted by Crippen LogP contribution is -2.24. The van der Waals surface area contributed by atoms with Gasteiger partial charge in [0.25, 0.3) is 0 Å². The Hall–Kier alpha value is -1.80. The predicted molar refractivity (Wildman–Crippen MR) is 114 cm³/mol. The topological polar surface area (TPSA) is 32.3 Å². The number of benzene rings is 2. The molecule has 0 spiro atoms. The zero-order valence-electron chi connectivity index (χ0n) is 17.0. The Morgan fingerprint density at radius 1 is 1.04 bits per heavy atom. The second-order valence-corrected chi connectivity index (χ2v) is 9.03. The average molecular weight is 364 g/mol. The zero-order chi connectivity index (χ0) is 19.0. The van der Waals surface area contributed by atoms with Gasteiger partial charge in [-0.2, -0.15) is 0 Å². The van der Waals surface area contributed by atoms with Gasteiger partial charge in [0.05, 0.1) is 6.10 Å². The van der Waals surface area contributed by atoms with Crippen LogP contribution in [-0.2, 0) is 12.8 Å². The maximum absolute atomic E-state index is 10.2. The van der Waals surface area contributed by atoms with Crippen LogP contribution in [0.15, 0.2) is 36.4 Å². The van der Waals surface area contributed by atoms with Gasteiger partial charge in [0.15, 0.2) is 0 Å². The first-order valence-corrected chi connectivity index (χ1v) is 10.7. The molecule has 0 aromatic heterocycles. The van der Waals surface area contributed by atoms with E-state index in [0.717, 1.165) is 31.4 Å². The minimum absolute atomic E-state index is 0.257. The molecule has 1 heterocycles. The van der Waals surface area contributed by atoms with Crippen molar-refractivity contribution < 1.29 is 5.11 Å². The second kappa shape index (κ2) is 7.67. The monoisotopic (exact) mass is 363 g/mol. The molecular formula is C25H33NO. The molecule has 4 rings (SSSR count). The highest BCUT2D eigenvalue weighted by molar-refractivity contribution is 5.55. The van der Waals surface area contributed by atoms with Crippen molar-refractivity contribution in [2.45, 2.75) is 70.8 Å². The maximum atomic E-state index is 10.2. The molecular weight excluding hydrogens is 330 g/mol. The lowest BCUT2D eigenvalue weighted by molar-refractivity contribution is 0.156. The Bertz CT molecular complexity index is 810. The van der Waals surface area contributed by atoms with Gasteiger partial charge in [-0.05, 0) is 83.7 Å². The number of fused-ring (bicyclic) bond motifs is 2. The molecule has 144 valence electrons. The average Bonchev–Trinajstić information content (AvgIpc) is 2.67. The normalized spacial score (nSPS) is 22.7. The van der Waals surface area contributed by atoms with Crippen molar-refractivity contribution in [2.24, 2.45) is 5.92 Å². The molecule has 0 saturated carbocycles. The van der Waals surface area contributed by atoms with E-state index >= 15 is 0 Å². The van der Waals surface area contributed by atoms with Crippen molar-refractivity contribution in [3.05, 3.63) is 64.2 Å². The number of rotatable bonds is 4. The van der Waals surface area contributed by atoms with E-state index < -0.39 is 0 Å². The third-order valence-electron chi connectivity index (χ3n) is 6.59. The van der Waals surface area contributed by atoms with Gasteiger partial charge in [-0.15, -0.1) is 0 Å². The summed E-state index contributed by atoms with van der Waals surface area (Å²) < 4.78 is 0. The van der Waals surface area contributed by atoms with E-state index in [1.165, 1.54) is 40.8 Å². The van der Waals surface area contributed by atoms with Crippen molar-refractivity contribution >= 4 is 5.69 Å². The van der Waals surface area contributed by atoms with E-state index in [1.54, 1.807) is 0 Å². The molecule has 0 saturated heterocycles. The van der Waals surface area contributed by atoms with Crippen LogP contribution in [0.5, 0.6) is 0 Å². The molecule has 1 aliphatic heterocycles. The summed E-state index contributed by atoms with van der Waals surface area (Å²) in [5.74, 6) is 1.81. The largest absolute Gasteiger partial charge is 0.388 e. The van der Waals surface area contributed by atoms with Crippen molar-refractivity contribution in [1.82, 2.24) is 0 Å². The van der Waals surface area contributed by atoms with E-state index in [4.69, 9.17) is 0 Å². The smallest absolute Gasteiger partial charge is 0.0792 e. The Labute approximate surface area is 164 Å². The summed E-state index contributed by atoms with van der Waals surface area (Å²) in [4.78, 5) is 0. The van der Waals surface area contributed by atoms with Crippen LogP contribution in [-0.4, -0.2) is 11.7 Å². The van der Waals surface area contributed by atoms with Crippen LogP contribution in [0.25, 0.3) is 0 Å². The highest BCUT2D eigenvalue weighted by atomic mass is 16.3. The molecule has 2 heteroatoms. The van der Waals surface area contributed by atoms with Gasteiger partial charge in [-0.3, -0.25) is 0 Å². The van der Waals surface area contributed by atoms with Gasteiger partial charge < -0.3 is 10.4 Å². The summed E-state index contributed by atoms with van der Waals surface area (Å²) in [5, 5.41) is 13.9. The quantitative estimate of drug-likeness (QED) is 0.702. The Kier molecular flexibility index (Phi) is 5.27. The number of hydrogen-bond donors (Lipinski definition) is 2. The standard InChI is InChI=1S/C25H33NO/c1-16(2)19-8-10-24-22(13-19)12-18(15-26-24)11-17(3)20-7-9-23-21(14-20)5-4-6-25(23)27/h7-10,13-14,16-18,25-27H,4-6,11-12,15H2,1-3H3. The van der Waals surface area contributed by atoms with Crippen molar-refractivity contribution in [2.75, 3.05) is 11.9 Å². The molecule has 2 aromatic rings. The highest BCUT2D eigenvalue weighted by Gasteiger charge is 2.23. The number of aryl methyl sites for hydroxylation is 1.